The van der Waals surface area contributed by atoms with Crippen molar-refractivity contribution in [3.8, 4) is 0 Å². The fraction of sp³-hybridized carbons (Fsp3) is 0.529. The predicted molar refractivity (Wildman–Crippen MR) is 155 cm³/mol. The van der Waals surface area contributed by atoms with Gasteiger partial charge in [-0.2, -0.15) is 0 Å². The summed E-state index contributed by atoms with van der Waals surface area (Å²) < 4.78 is 18.5. The molecule has 239 valence electrons. The number of ketones is 1. The quantitative estimate of drug-likeness (QED) is 0.263. The molecule has 9 atom stereocenters. The van der Waals surface area contributed by atoms with Crippen molar-refractivity contribution in [2.24, 2.45) is 16.7 Å². The average molecular weight is 1270 g/mol. The molecule has 2 bridgehead atoms. The van der Waals surface area contributed by atoms with Crippen molar-refractivity contribution in [3.63, 3.8) is 0 Å². The molecule has 0 spiro atoms. The smallest absolute Gasteiger partial charge is 0.338 e. The zero-order valence-corrected chi connectivity index (χ0v) is 40.9. The van der Waals surface area contributed by atoms with E-state index in [9.17, 15) is 30.0 Å². The Morgan fingerprint density at radius 1 is 0.957 bits per heavy atom. The van der Waals surface area contributed by atoms with Crippen molar-refractivity contribution >= 4 is 11.8 Å². The minimum absolute atomic E-state index is 0. The van der Waals surface area contributed by atoms with Crippen LogP contribution in [0.1, 0.15) is 56.5 Å². The van der Waals surface area contributed by atoms with Gasteiger partial charge in [-0.3, -0.25) is 4.79 Å². The van der Waals surface area contributed by atoms with Crippen LogP contribution in [-0.4, -0.2) is 80.5 Å². The van der Waals surface area contributed by atoms with Gasteiger partial charge in [0.25, 0.3) is 0 Å². The number of fused-ring (bicyclic) bond motifs is 5. The molecule has 9 nitrogen and oxygen atoms in total. The predicted octanol–water partition coefficient (Wildman–Crippen LogP) is 2.74. The first kappa shape index (κ1) is 41.8. The number of benzene rings is 2. The molecule has 46 heavy (non-hydrogen) atoms. The van der Waals surface area contributed by atoms with Gasteiger partial charge in [0, 0.05) is 156 Å². The Bertz CT molecular complexity index is 1450. The third-order valence-electron chi connectivity index (χ3n) is 10.9. The number of rotatable bonds is 5. The van der Waals surface area contributed by atoms with Crippen molar-refractivity contribution < 1.29 is 176 Å². The summed E-state index contributed by atoms with van der Waals surface area (Å²) in [4.78, 5) is 28.4. The van der Waals surface area contributed by atoms with Crippen molar-refractivity contribution in [2.45, 2.75) is 88.9 Å². The maximum Gasteiger partial charge on any atom is 0.338 e. The van der Waals surface area contributed by atoms with Gasteiger partial charge in [0.05, 0.1) is 42.5 Å². The van der Waals surface area contributed by atoms with Crippen LogP contribution < -0.4 is 0 Å². The standard InChI is InChI=1S/C34H40O9.3Ac/c1-19-22(35)16-34(40)29(43-30(38)21-13-9-6-10-14-21)27-32(4,28(37)26(36)25(19)31(34,2)3)23(15-24-33(27,39)18-42-24)41-17-20-11-7-5-8-12-20;;;/h5-14,22-24,26-27,29,35-36,39-40H,15-18H2,1-4H3;;;/t22?,23?,24?,26?,27?,29?,32-,33?,34?;;;/m1.../s1. The van der Waals surface area contributed by atoms with E-state index in [-0.39, 0.29) is 169 Å². The number of Topliss-reactive ketones (excluding diaryl/α,β-unsaturated/α-hetero) is 1. The van der Waals surface area contributed by atoms with E-state index in [1.165, 1.54) is 0 Å². The second kappa shape index (κ2) is 15.6. The average Bonchev–Trinajstić information content (AvgIpc) is 2.98. The second-order valence-corrected chi connectivity index (χ2v) is 13.4. The van der Waals surface area contributed by atoms with Gasteiger partial charge in [0.2, 0.25) is 0 Å². The van der Waals surface area contributed by atoms with Crippen molar-refractivity contribution in [3.05, 3.63) is 82.9 Å². The SMILES string of the molecule is CC1=C2C(O)C(=O)[C@]3(C)C(OCc4ccccc4)CC4OCC4(O)C3C(OC(=O)c3ccccc3)C(O)(CC1O)C2(C)C.[Ac].[Ac].[Ac]. The number of hydrogen-bond acceptors (Lipinski definition) is 9. The van der Waals surface area contributed by atoms with Crippen LogP contribution in [0.5, 0.6) is 0 Å². The molecule has 1 saturated heterocycles. The van der Waals surface area contributed by atoms with Gasteiger partial charge in [0.1, 0.15) is 23.4 Å². The fourth-order valence-corrected chi connectivity index (χ4v) is 8.26. The molecule has 12 heteroatoms. The number of hydrogen-bond donors (Lipinski definition) is 4. The van der Waals surface area contributed by atoms with Crippen LogP contribution in [0, 0.1) is 149 Å². The van der Waals surface area contributed by atoms with Gasteiger partial charge in [-0.25, -0.2) is 4.79 Å². The van der Waals surface area contributed by atoms with Crippen LogP contribution in [-0.2, 0) is 25.6 Å². The number of carbonyl (C=O) groups is 2. The topological polar surface area (TPSA) is 143 Å². The maximum atomic E-state index is 14.7. The van der Waals surface area contributed by atoms with Crippen LogP contribution in [0.25, 0.3) is 0 Å². The summed E-state index contributed by atoms with van der Waals surface area (Å²) in [6.45, 7) is 6.59. The molecule has 1 heterocycles. The van der Waals surface area contributed by atoms with Gasteiger partial charge in [-0.05, 0) is 42.7 Å². The Kier molecular flexibility index (Phi) is 14.1. The summed E-state index contributed by atoms with van der Waals surface area (Å²) >= 11 is 0. The van der Waals surface area contributed by atoms with E-state index in [4.69, 9.17) is 14.2 Å². The van der Waals surface area contributed by atoms with Crippen molar-refractivity contribution in [2.75, 3.05) is 6.61 Å². The Morgan fingerprint density at radius 2 is 1.54 bits per heavy atom. The minimum Gasteiger partial charge on any atom is -0.455 e. The van der Waals surface area contributed by atoms with Crippen molar-refractivity contribution in [1.82, 2.24) is 0 Å². The first-order valence-corrected chi connectivity index (χ1v) is 14.9. The van der Waals surface area contributed by atoms with Crippen molar-refractivity contribution in [1.29, 1.82) is 0 Å². The Hall–Kier alpha value is 1.40. The van der Waals surface area contributed by atoms with Crippen LogP contribution in [0.2, 0.25) is 0 Å². The van der Waals surface area contributed by atoms with Crippen LogP contribution >= 0.6 is 0 Å². The van der Waals surface area contributed by atoms with Gasteiger partial charge in [0.15, 0.2) is 5.78 Å². The molecule has 2 aromatic carbocycles. The summed E-state index contributed by atoms with van der Waals surface area (Å²) in [6, 6.07) is 17.7. The summed E-state index contributed by atoms with van der Waals surface area (Å²) in [7, 11) is 0. The van der Waals surface area contributed by atoms with E-state index in [0.29, 0.717) is 5.57 Å². The monoisotopic (exact) mass is 1270 g/mol. The second-order valence-electron chi connectivity index (χ2n) is 13.4. The molecule has 1 aliphatic heterocycles. The van der Waals surface area contributed by atoms with Crippen LogP contribution in [0.4, 0.5) is 0 Å². The molecular formula is C34H40Ac3O9. The molecule has 4 aliphatic rings. The first-order chi connectivity index (χ1) is 20.3. The number of aliphatic hydroxyl groups excluding tert-OH is 2. The molecule has 3 aliphatic carbocycles. The normalized spacial score (nSPS) is 37.3. The number of aliphatic hydroxyl groups is 4. The molecule has 4 N–H and O–H groups in total. The molecule has 6 rings (SSSR count). The van der Waals surface area contributed by atoms with E-state index >= 15 is 0 Å². The van der Waals surface area contributed by atoms with Gasteiger partial charge < -0.3 is 34.6 Å². The molecule has 3 radical (unpaired) electrons. The third kappa shape index (κ3) is 6.61. The van der Waals surface area contributed by atoms with E-state index in [1.54, 1.807) is 58.0 Å². The molecule has 2 aromatic rings. The minimum atomic E-state index is -2.00. The van der Waals surface area contributed by atoms with Crippen LogP contribution in [0.3, 0.4) is 0 Å². The van der Waals surface area contributed by atoms with E-state index in [2.05, 4.69) is 0 Å². The van der Waals surface area contributed by atoms with E-state index in [0.717, 1.165) is 5.56 Å². The molecule has 8 unspecified atom stereocenters. The molecule has 2 saturated carbocycles. The van der Waals surface area contributed by atoms with Gasteiger partial charge >= 0.3 is 5.97 Å². The zero-order chi connectivity index (χ0) is 30.9. The van der Waals surface area contributed by atoms with E-state index in [1.807, 2.05) is 30.3 Å². The van der Waals surface area contributed by atoms with Crippen LogP contribution in [0.15, 0.2) is 71.8 Å². The largest absolute Gasteiger partial charge is 0.455 e. The number of ether oxygens (including phenoxy) is 3. The summed E-state index contributed by atoms with van der Waals surface area (Å²) in [5.41, 5.74) is -5.03. The summed E-state index contributed by atoms with van der Waals surface area (Å²) in [5, 5.41) is 48.1. The third-order valence-corrected chi connectivity index (χ3v) is 10.9. The zero-order valence-electron chi connectivity index (χ0n) is 26.6. The van der Waals surface area contributed by atoms with E-state index < -0.39 is 70.2 Å². The Labute approximate surface area is 377 Å². The summed E-state index contributed by atoms with van der Waals surface area (Å²) in [5.74, 6) is -2.63. The fourth-order valence-electron chi connectivity index (χ4n) is 8.26. The van der Waals surface area contributed by atoms with Gasteiger partial charge in [-0.1, -0.05) is 62.4 Å². The first-order valence-electron chi connectivity index (χ1n) is 14.9. The maximum absolute atomic E-state index is 14.7. The Morgan fingerprint density at radius 3 is 2.11 bits per heavy atom. The molecular weight excluding hydrogens is 1230 g/mol. The Balaban J connectivity index is 0.00000192. The number of carbonyl (C=O) groups excluding carboxylic acids is 2. The molecule has 3 fully saturated rings. The molecule has 0 aromatic heterocycles. The van der Waals surface area contributed by atoms with Gasteiger partial charge in [-0.15, -0.1) is 0 Å². The molecule has 0 amide bonds. The summed E-state index contributed by atoms with van der Waals surface area (Å²) in [6.07, 6.45) is -6.17. The number of esters is 1.